The van der Waals surface area contributed by atoms with Crippen LogP contribution in [-0.2, 0) is 4.74 Å². The molecule has 94 valence electrons. The molecule has 2 rings (SSSR count). The highest BCUT2D eigenvalue weighted by Crippen LogP contribution is 2.44. The largest absolute Gasteiger partial charge is 0.383 e. The molecule has 0 bridgehead atoms. The zero-order valence-corrected chi connectivity index (χ0v) is 11.3. The lowest BCUT2D eigenvalue weighted by molar-refractivity contribution is -0.00390. The Kier molecular flexibility index (Phi) is 4.16. The summed E-state index contributed by atoms with van der Waals surface area (Å²) in [4.78, 5) is 2.54. The van der Waals surface area contributed by atoms with E-state index >= 15 is 0 Å². The molecule has 1 aliphatic carbocycles. The highest BCUT2D eigenvalue weighted by Gasteiger charge is 2.49. The van der Waals surface area contributed by atoms with Gasteiger partial charge in [-0.2, -0.15) is 11.8 Å². The lowest BCUT2D eigenvalue weighted by Gasteiger charge is -2.44. The molecule has 16 heavy (non-hydrogen) atoms. The summed E-state index contributed by atoms with van der Waals surface area (Å²) in [5, 5.41) is 0. The molecule has 4 heteroatoms. The SMILES string of the molecule is COCC(CN)(C1CC1)N(C)C1CCSC1. The summed E-state index contributed by atoms with van der Waals surface area (Å²) >= 11 is 2.06. The van der Waals surface area contributed by atoms with Crippen LogP contribution in [0.1, 0.15) is 19.3 Å². The Balaban J connectivity index is 2.09. The molecule has 2 fully saturated rings. The smallest absolute Gasteiger partial charge is 0.0661 e. The second kappa shape index (κ2) is 5.25. The van der Waals surface area contributed by atoms with Crippen LogP contribution in [0.25, 0.3) is 0 Å². The first kappa shape index (κ1) is 12.7. The third-order valence-electron chi connectivity index (χ3n) is 4.24. The molecule has 2 aliphatic rings. The highest BCUT2D eigenvalue weighted by molar-refractivity contribution is 7.99. The van der Waals surface area contributed by atoms with E-state index in [1.165, 1.54) is 30.8 Å². The highest BCUT2D eigenvalue weighted by atomic mass is 32.2. The van der Waals surface area contributed by atoms with E-state index in [1.54, 1.807) is 7.11 Å². The van der Waals surface area contributed by atoms with E-state index in [0.29, 0.717) is 6.04 Å². The van der Waals surface area contributed by atoms with Crippen molar-refractivity contribution in [3.05, 3.63) is 0 Å². The lowest BCUT2D eigenvalue weighted by atomic mass is 9.90. The van der Waals surface area contributed by atoms with Crippen LogP contribution < -0.4 is 5.73 Å². The van der Waals surface area contributed by atoms with E-state index in [-0.39, 0.29) is 5.54 Å². The first-order valence-corrected chi connectivity index (χ1v) is 7.40. The minimum Gasteiger partial charge on any atom is -0.383 e. The van der Waals surface area contributed by atoms with Crippen molar-refractivity contribution < 1.29 is 4.74 Å². The molecule has 0 aromatic heterocycles. The minimum atomic E-state index is 0.102. The van der Waals surface area contributed by atoms with Crippen LogP contribution in [0.2, 0.25) is 0 Å². The zero-order chi connectivity index (χ0) is 11.6. The number of ether oxygens (including phenoxy) is 1. The number of rotatable bonds is 6. The Hall–Kier alpha value is 0.230. The maximum absolute atomic E-state index is 6.07. The van der Waals surface area contributed by atoms with Gasteiger partial charge in [-0.3, -0.25) is 4.90 Å². The number of nitrogens with two attached hydrogens (primary N) is 1. The van der Waals surface area contributed by atoms with Crippen molar-refractivity contribution in [2.24, 2.45) is 11.7 Å². The van der Waals surface area contributed by atoms with E-state index in [0.717, 1.165) is 19.1 Å². The summed E-state index contributed by atoms with van der Waals surface area (Å²) in [5.74, 6) is 3.31. The first-order chi connectivity index (χ1) is 7.74. The Morgan fingerprint density at radius 3 is 2.62 bits per heavy atom. The third kappa shape index (κ3) is 2.26. The van der Waals surface area contributed by atoms with Crippen molar-refractivity contribution in [1.29, 1.82) is 0 Å². The van der Waals surface area contributed by atoms with Gasteiger partial charge in [0.25, 0.3) is 0 Å². The fourth-order valence-corrected chi connectivity index (χ4v) is 4.21. The molecule has 2 N–H and O–H groups in total. The minimum absolute atomic E-state index is 0.102. The molecule has 0 aromatic carbocycles. The standard InChI is InChI=1S/C12H24N2OS/c1-14(11-5-6-16-7-11)12(8-13,9-15-2)10-3-4-10/h10-11H,3-9,13H2,1-2H3. The second-order valence-electron chi connectivity index (χ2n) is 5.14. The molecule has 1 heterocycles. The van der Waals surface area contributed by atoms with Crippen LogP contribution in [0.3, 0.4) is 0 Å². The monoisotopic (exact) mass is 244 g/mol. The van der Waals surface area contributed by atoms with E-state index in [1.807, 2.05) is 0 Å². The van der Waals surface area contributed by atoms with Crippen molar-refractivity contribution in [1.82, 2.24) is 4.90 Å². The van der Waals surface area contributed by atoms with Crippen molar-refractivity contribution in [2.75, 3.05) is 38.8 Å². The van der Waals surface area contributed by atoms with Gasteiger partial charge in [0, 0.05) is 25.4 Å². The van der Waals surface area contributed by atoms with Gasteiger partial charge in [-0.05, 0) is 38.0 Å². The molecule has 0 spiro atoms. The zero-order valence-electron chi connectivity index (χ0n) is 10.4. The molecule has 2 unspecified atom stereocenters. The van der Waals surface area contributed by atoms with Gasteiger partial charge < -0.3 is 10.5 Å². The number of hydrogen-bond acceptors (Lipinski definition) is 4. The fourth-order valence-electron chi connectivity index (χ4n) is 2.94. The third-order valence-corrected chi connectivity index (χ3v) is 5.39. The first-order valence-electron chi connectivity index (χ1n) is 6.24. The average Bonchev–Trinajstić information content (AvgIpc) is 3.01. The van der Waals surface area contributed by atoms with Crippen LogP contribution in [0.15, 0.2) is 0 Å². The molecular formula is C12H24N2OS. The predicted molar refractivity (Wildman–Crippen MR) is 69.9 cm³/mol. The van der Waals surface area contributed by atoms with E-state index in [9.17, 15) is 0 Å². The van der Waals surface area contributed by atoms with E-state index < -0.39 is 0 Å². The van der Waals surface area contributed by atoms with Crippen molar-refractivity contribution in [3.8, 4) is 0 Å². The summed E-state index contributed by atoms with van der Waals surface area (Å²) in [6, 6.07) is 0.698. The average molecular weight is 244 g/mol. The summed E-state index contributed by atoms with van der Waals surface area (Å²) < 4.78 is 5.45. The Morgan fingerprint density at radius 2 is 2.19 bits per heavy atom. The van der Waals surface area contributed by atoms with Crippen LogP contribution in [-0.4, -0.2) is 55.3 Å². The van der Waals surface area contributed by atoms with Crippen molar-refractivity contribution in [2.45, 2.75) is 30.8 Å². The fraction of sp³-hybridized carbons (Fsp3) is 1.00. The summed E-state index contributed by atoms with van der Waals surface area (Å²) in [7, 11) is 4.05. The number of methoxy groups -OCH3 is 1. The van der Waals surface area contributed by atoms with Gasteiger partial charge in [0.1, 0.15) is 0 Å². The Bertz CT molecular complexity index is 229. The molecule has 1 saturated heterocycles. The van der Waals surface area contributed by atoms with Crippen molar-refractivity contribution >= 4 is 11.8 Å². The summed E-state index contributed by atoms with van der Waals surface area (Å²) in [6.07, 6.45) is 3.95. The van der Waals surface area contributed by atoms with Gasteiger partial charge in [-0.15, -0.1) is 0 Å². The molecule has 0 amide bonds. The van der Waals surface area contributed by atoms with Crippen LogP contribution in [0, 0.1) is 5.92 Å². The molecule has 3 nitrogen and oxygen atoms in total. The Morgan fingerprint density at radius 1 is 1.44 bits per heavy atom. The molecule has 1 aliphatic heterocycles. The molecule has 0 radical (unpaired) electrons. The van der Waals surface area contributed by atoms with Crippen LogP contribution in [0.4, 0.5) is 0 Å². The molecular weight excluding hydrogens is 220 g/mol. The van der Waals surface area contributed by atoms with Gasteiger partial charge >= 0.3 is 0 Å². The van der Waals surface area contributed by atoms with E-state index in [4.69, 9.17) is 10.5 Å². The lowest BCUT2D eigenvalue weighted by Crippen LogP contribution is -2.60. The number of thioether (sulfide) groups is 1. The normalized spacial score (nSPS) is 29.6. The van der Waals surface area contributed by atoms with Gasteiger partial charge in [0.05, 0.1) is 12.1 Å². The summed E-state index contributed by atoms with van der Waals surface area (Å²) in [5.41, 5.74) is 6.18. The summed E-state index contributed by atoms with van der Waals surface area (Å²) in [6.45, 7) is 1.51. The maximum atomic E-state index is 6.07. The maximum Gasteiger partial charge on any atom is 0.0661 e. The van der Waals surface area contributed by atoms with Crippen LogP contribution in [0.5, 0.6) is 0 Å². The molecule has 2 atom stereocenters. The molecule has 1 saturated carbocycles. The quantitative estimate of drug-likeness (QED) is 0.761. The number of hydrogen-bond donors (Lipinski definition) is 1. The number of nitrogens with zero attached hydrogens (tertiary/aromatic N) is 1. The van der Waals surface area contributed by atoms with Gasteiger partial charge in [-0.25, -0.2) is 0 Å². The van der Waals surface area contributed by atoms with Gasteiger partial charge in [0.2, 0.25) is 0 Å². The van der Waals surface area contributed by atoms with Crippen molar-refractivity contribution in [3.63, 3.8) is 0 Å². The molecule has 0 aromatic rings. The Labute approximate surface area is 103 Å². The topological polar surface area (TPSA) is 38.5 Å². The van der Waals surface area contributed by atoms with Crippen LogP contribution >= 0.6 is 11.8 Å². The number of likely N-dealkylation sites (N-methyl/N-ethyl adjacent to an activating group) is 1. The predicted octanol–water partition coefficient (Wildman–Crippen LogP) is 1.18. The van der Waals surface area contributed by atoms with E-state index in [2.05, 4.69) is 23.7 Å². The van der Waals surface area contributed by atoms with Gasteiger partial charge in [-0.1, -0.05) is 0 Å². The van der Waals surface area contributed by atoms with Gasteiger partial charge in [0.15, 0.2) is 0 Å². The second-order valence-corrected chi connectivity index (χ2v) is 6.29.